The summed E-state index contributed by atoms with van der Waals surface area (Å²) in [6.07, 6.45) is 9.46. The van der Waals surface area contributed by atoms with Crippen molar-refractivity contribution in [2.24, 2.45) is 0 Å². The minimum absolute atomic E-state index is 0.101. The van der Waals surface area contributed by atoms with Gasteiger partial charge >= 0.3 is 0 Å². The molecule has 1 N–H and O–H groups in total. The van der Waals surface area contributed by atoms with Crippen LogP contribution in [0.5, 0.6) is 0 Å². The summed E-state index contributed by atoms with van der Waals surface area (Å²) in [5, 5.41) is 14.7. The molecule has 1 atom stereocenters. The Labute approximate surface area is 173 Å². The Hall–Kier alpha value is -2.93. The van der Waals surface area contributed by atoms with Gasteiger partial charge in [0.15, 0.2) is 0 Å². The first-order valence-corrected chi connectivity index (χ1v) is 9.81. The molecule has 0 bridgehead atoms. The van der Waals surface area contributed by atoms with Crippen molar-refractivity contribution in [1.82, 2.24) is 10.2 Å². The van der Waals surface area contributed by atoms with Gasteiger partial charge in [-0.1, -0.05) is 35.9 Å². The summed E-state index contributed by atoms with van der Waals surface area (Å²) in [6, 6.07) is 3.84. The molecule has 1 aliphatic carbocycles. The molecule has 0 aromatic heterocycles. The number of amides is 2. The summed E-state index contributed by atoms with van der Waals surface area (Å²) in [6.45, 7) is 2.35. The fourth-order valence-corrected chi connectivity index (χ4v) is 3.73. The molecule has 0 unspecified atom stereocenters. The number of hydrogen-bond acceptors (Lipinski definition) is 4. The standard InChI is InChI=1S/C21H22ClN3O4/c1-14-17(7-3-8-18(14)25(28)29)21(27)24-12-4-9-19(24)20(26)23-13-15-5-2-6-16(22)11-10-15/h3,5-8,10-11,19H,2,4,9,12-13H2,1H3,(H,23,26)/t19-/m0/s1. The average Bonchev–Trinajstić information content (AvgIpc) is 3.09. The van der Waals surface area contributed by atoms with Crippen LogP contribution >= 0.6 is 11.6 Å². The normalized spacial score (nSPS) is 18.7. The number of nitrogens with one attached hydrogen (secondary N) is 1. The highest BCUT2D eigenvalue weighted by Crippen LogP contribution is 2.26. The van der Waals surface area contributed by atoms with Gasteiger partial charge in [0.25, 0.3) is 11.6 Å². The Morgan fingerprint density at radius 3 is 2.86 bits per heavy atom. The van der Waals surface area contributed by atoms with Gasteiger partial charge in [-0.3, -0.25) is 19.7 Å². The predicted molar refractivity (Wildman–Crippen MR) is 111 cm³/mol. The third-order valence-electron chi connectivity index (χ3n) is 5.16. The first-order valence-electron chi connectivity index (χ1n) is 9.44. The fraction of sp³-hybridized carbons (Fsp3) is 0.333. The van der Waals surface area contributed by atoms with Crippen molar-refractivity contribution >= 4 is 29.1 Å². The third kappa shape index (κ3) is 4.74. The van der Waals surface area contributed by atoms with E-state index < -0.39 is 11.0 Å². The van der Waals surface area contributed by atoms with Crippen LogP contribution in [-0.4, -0.2) is 40.8 Å². The number of likely N-dealkylation sites (tertiary alicyclic amines) is 1. The van der Waals surface area contributed by atoms with Gasteiger partial charge in [-0.25, -0.2) is 0 Å². The van der Waals surface area contributed by atoms with Crippen LogP contribution in [0.2, 0.25) is 0 Å². The van der Waals surface area contributed by atoms with E-state index in [1.165, 1.54) is 17.0 Å². The second-order valence-electron chi connectivity index (χ2n) is 7.02. The lowest BCUT2D eigenvalue weighted by atomic mass is 10.0. The monoisotopic (exact) mass is 415 g/mol. The first kappa shape index (κ1) is 20.8. The lowest BCUT2D eigenvalue weighted by molar-refractivity contribution is -0.385. The topological polar surface area (TPSA) is 92.6 Å². The van der Waals surface area contributed by atoms with Crippen LogP contribution in [0.15, 0.2) is 53.1 Å². The highest BCUT2D eigenvalue weighted by Gasteiger charge is 2.35. The van der Waals surface area contributed by atoms with E-state index in [1.54, 1.807) is 19.1 Å². The number of nitro benzene ring substituents is 1. The SMILES string of the molecule is Cc1c(C(=O)N2CCC[C@H]2C(=O)NCC2=CCC=C(Cl)C=C2)cccc1[N+](=O)[O-]. The largest absolute Gasteiger partial charge is 0.350 e. The van der Waals surface area contributed by atoms with Gasteiger partial charge in [0.05, 0.1) is 4.92 Å². The molecule has 29 heavy (non-hydrogen) atoms. The van der Waals surface area contributed by atoms with E-state index in [0.29, 0.717) is 42.9 Å². The molecule has 8 heteroatoms. The molecule has 1 fully saturated rings. The first-order chi connectivity index (χ1) is 13.9. The van der Waals surface area contributed by atoms with E-state index in [4.69, 9.17) is 11.6 Å². The molecule has 1 aromatic rings. The van der Waals surface area contributed by atoms with E-state index in [0.717, 1.165) is 5.57 Å². The van der Waals surface area contributed by atoms with Crippen molar-refractivity contribution in [3.05, 3.63) is 74.3 Å². The summed E-state index contributed by atoms with van der Waals surface area (Å²) < 4.78 is 0. The van der Waals surface area contributed by atoms with Crippen LogP contribution in [0.25, 0.3) is 0 Å². The summed E-state index contributed by atoms with van der Waals surface area (Å²) in [5.74, 6) is -0.579. The van der Waals surface area contributed by atoms with Crippen LogP contribution in [0.4, 0.5) is 5.69 Å². The number of carbonyl (C=O) groups excluding carboxylic acids is 2. The second kappa shape index (κ2) is 9.05. The van der Waals surface area contributed by atoms with Gasteiger partial charge in [-0.15, -0.1) is 0 Å². The molecule has 0 spiro atoms. The van der Waals surface area contributed by atoms with Crippen molar-refractivity contribution in [3.63, 3.8) is 0 Å². The van der Waals surface area contributed by atoms with E-state index in [1.807, 2.05) is 18.2 Å². The molecule has 7 nitrogen and oxygen atoms in total. The second-order valence-corrected chi connectivity index (χ2v) is 7.45. The summed E-state index contributed by atoms with van der Waals surface area (Å²) in [4.78, 5) is 37.9. The van der Waals surface area contributed by atoms with Gasteiger partial charge in [0.2, 0.25) is 5.91 Å². The Morgan fingerprint density at radius 2 is 2.10 bits per heavy atom. The number of nitrogens with zero attached hydrogens (tertiary/aromatic N) is 2. The number of rotatable bonds is 5. The quantitative estimate of drug-likeness (QED) is 0.587. The van der Waals surface area contributed by atoms with Gasteiger partial charge in [-0.2, -0.15) is 0 Å². The lowest BCUT2D eigenvalue weighted by Crippen LogP contribution is -2.46. The fourth-order valence-electron chi connectivity index (χ4n) is 3.57. The van der Waals surface area contributed by atoms with Crippen molar-refractivity contribution in [2.45, 2.75) is 32.2 Å². The Kier molecular flexibility index (Phi) is 6.49. The van der Waals surface area contributed by atoms with Gasteiger partial charge in [0, 0.05) is 35.3 Å². The maximum Gasteiger partial charge on any atom is 0.273 e. The highest BCUT2D eigenvalue weighted by atomic mass is 35.5. The van der Waals surface area contributed by atoms with Gasteiger partial charge in [0.1, 0.15) is 6.04 Å². The van der Waals surface area contributed by atoms with Crippen molar-refractivity contribution < 1.29 is 14.5 Å². The molecule has 1 aromatic carbocycles. The summed E-state index contributed by atoms with van der Waals surface area (Å²) in [7, 11) is 0. The number of benzene rings is 1. The minimum atomic E-state index is -0.585. The van der Waals surface area contributed by atoms with Crippen molar-refractivity contribution in [1.29, 1.82) is 0 Å². The summed E-state index contributed by atoms with van der Waals surface area (Å²) >= 11 is 5.98. The average molecular weight is 416 g/mol. The van der Waals surface area contributed by atoms with E-state index in [9.17, 15) is 19.7 Å². The zero-order chi connectivity index (χ0) is 21.0. The van der Waals surface area contributed by atoms with Crippen LogP contribution in [-0.2, 0) is 4.79 Å². The molecule has 2 aliphatic rings. The van der Waals surface area contributed by atoms with Crippen molar-refractivity contribution in [3.8, 4) is 0 Å². The molecule has 2 amide bonds. The van der Waals surface area contributed by atoms with E-state index >= 15 is 0 Å². The molecule has 1 aliphatic heterocycles. The number of hydrogen-bond donors (Lipinski definition) is 1. The number of nitro groups is 1. The molecule has 0 saturated carbocycles. The zero-order valence-electron chi connectivity index (χ0n) is 16.1. The molecule has 3 rings (SSSR count). The highest BCUT2D eigenvalue weighted by molar-refractivity contribution is 6.31. The minimum Gasteiger partial charge on any atom is -0.350 e. The Morgan fingerprint density at radius 1 is 1.31 bits per heavy atom. The van der Waals surface area contributed by atoms with Crippen LogP contribution in [0.1, 0.15) is 35.2 Å². The molecule has 0 radical (unpaired) electrons. The third-order valence-corrected chi connectivity index (χ3v) is 5.45. The van der Waals surface area contributed by atoms with Crippen LogP contribution in [0.3, 0.4) is 0 Å². The van der Waals surface area contributed by atoms with Crippen LogP contribution in [0, 0.1) is 17.0 Å². The van der Waals surface area contributed by atoms with E-state index in [2.05, 4.69) is 5.32 Å². The molecular weight excluding hydrogens is 394 g/mol. The number of carbonyl (C=O) groups is 2. The van der Waals surface area contributed by atoms with Gasteiger partial charge in [-0.05, 0) is 43.9 Å². The molecular formula is C21H22ClN3O4. The maximum absolute atomic E-state index is 13.0. The number of allylic oxidation sites excluding steroid dienone is 4. The lowest BCUT2D eigenvalue weighted by Gasteiger charge is -2.24. The summed E-state index contributed by atoms with van der Waals surface area (Å²) in [5.41, 5.74) is 1.41. The molecule has 152 valence electrons. The zero-order valence-corrected chi connectivity index (χ0v) is 16.8. The Bertz CT molecular complexity index is 936. The van der Waals surface area contributed by atoms with Crippen molar-refractivity contribution in [2.75, 3.05) is 13.1 Å². The Balaban J connectivity index is 1.70. The van der Waals surface area contributed by atoms with Gasteiger partial charge < -0.3 is 10.2 Å². The number of halogens is 1. The maximum atomic E-state index is 13.0. The van der Waals surface area contributed by atoms with Crippen LogP contribution < -0.4 is 5.32 Å². The predicted octanol–water partition coefficient (Wildman–Crippen LogP) is 3.63. The smallest absolute Gasteiger partial charge is 0.273 e. The molecule has 1 heterocycles. The molecule has 1 saturated heterocycles. The van der Waals surface area contributed by atoms with E-state index in [-0.39, 0.29) is 23.1 Å².